The zero-order valence-electron chi connectivity index (χ0n) is 12.0. The maximum atomic E-state index is 12.5. The largest absolute Gasteiger partial charge is 0.464 e. The molecule has 0 N–H and O–H groups in total. The minimum absolute atomic E-state index is 0.413. The first-order valence-electron chi connectivity index (χ1n) is 7.10. The van der Waals surface area contributed by atoms with E-state index in [9.17, 15) is 4.79 Å². The van der Waals surface area contributed by atoms with Crippen LogP contribution >= 0.6 is 11.6 Å². The molecule has 4 aromatic rings. The summed E-state index contributed by atoms with van der Waals surface area (Å²) < 4.78 is 10.9. The van der Waals surface area contributed by atoms with Crippen LogP contribution in [0.5, 0.6) is 0 Å². The van der Waals surface area contributed by atoms with Crippen LogP contribution in [-0.2, 0) is 0 Å². The van der Waals surface area contributed by atoms with Gasteiger partial charge in [0.1, 0.15) is 16.9 Å². The van der Waals surface area contributed by atoms with Gasteiger partial charge in [0.2, 0.25) is 0 Å². The maximum absolute atomic E-state index is 12.5. The zero-order chi connectivity index (χ0) is 15.8. The Morgan fingerprint density at radius 3 is 2.35 bits per heavy atom. The molecular weight excluding hydrogens is 312 g/mol. The summed E-state index contributed by atoms with van der Waals surface area (Å²) in [6, 6.07) is 18.3. The van der Waals surface area contributed by atoms with Gasteiger partial charge < -0.3 is 8.83 Å². The molecule has 0 fully saturated rings. The van der Waals surface area contributed by atoms with Gasteiger partial charge in [-0.25, -0.2) is 4.79 Å². The van der Waals surface area contributed by atoms with Crippen molar-refractivity contribution >= 4 is 22.6 Å². The van der Waals surface area contributed by atoms with Gasteiger partial charge in [-0.2, -0.15) is 0 Å². The third-order valence-electron chi connectivity index (χ3n) is 3.71. The van der Waals surface area contributed by atoms with E-state index < -0.39 is 5.63 Å². The van der Waals surface area contributed by atoms with E-state index in [1.807, 2.05) is 30.3 Å². The van der Waals surface area contributed by atoms with E-state index in [4.69, 9.17) is 20.4 Å². The molecule has 0 radical (unpaired) electrons. The molecule has 4 heteroatoms. The van der Waals surface area contributed by atoms with Gasteiger partial charge in [0.15, 0.2) is 0 Å². The van der Waals surface area contributed by atoms with Crippen molar-refractivity contribution in [2.75, 3.05) is 0 Å². The Morgan fingerprint density at radius 1 is 0.826 bits per heavy atom. The Bertz CT molecular complexity index is 1030. The summed E-state index contributed by atoms with van der Waals surface area (Å²) in [4.78, 5) is 12.5. The molecule has 3 nitrogen and oxygen atoms in total. The molecule has 0 aliphatic rings. The molecule has 0 aliphatic heterocycles. The fraction of sp³-hybridized carbons (Fsp3) is 0. The molecule has 0 aliphatic carbocycles. The maximum Gasteiger partial charge on any atom is 0.348 e. The summed E-state index contributed by atoms with van der Waals surface area (Å²) in [6.45, 7) is 0. The second-order valence-electron chi connectivity index (χ2n) is 5.12. The smallest absolute Gasteiger partial charge is 0.348 e. The van der Waals surface area contributed by atoms with Gasteiger partial charge in [-0.05, 0) is 35.9 Å². The van der Waals surface area contributed by atoms with E-state index >= 15 is 0 Å². The number of benzene rings is 2. The second-order valence-corrected chi connectivity index (χ2v) is 5.56. The first-order chi connectivity index (χ1) is 11.2. The fourth-order valence-corrected chi connectivity index (χ4v) is 2.84. The lowest BCUT2D eigenvalue weighted by atomic mass is 9.96. The normalized spacial score (nSPS) is 11.0. The summed E-state index contributed by atoms with van der Waals surface area (Å²) in [5, 5.41) is 1.49. The van der Waals surface area contributed by atoms with Gasteiger partial charge in [0.25, 0.3) is 0 Å². The van der Waals surface area contributed by atoms with Crippen LogP contribution in [0.3, 0.4) is 0 Å². The van der Waals surface area contributed by atoms with E-state index in [-0.39, 0.29) is 0 Å². The predicted octanol–water partition coefficient (Wildman–Crippen LogP) is 5.37. The van der Waals surface area contributed by atoms with Crippen LogP contribution in [-0.4, -0.2) is 0 Å². The highest BCUT2D eigenvalue weighted by atomic mass is 35.5. The summed E-state index contributed by atoms with van der Waals surface area (Å²) in [7, 11) is 0. The lowest BCUT2D eigenvalue weighted by molar-refractivity contribution is 0.548. The Kier molecular flexibility index (Phi) is 3.28. The molecule has 0 atom stereocenters. The van der Waals surface area contributed by atoms with Gasteiger partial charge in [-0.1, -0.05) is 41.9 Å². The average Bonchev–Trinajstić information content (AvgIpc) is 3.08. The van der Waals surface area contributed by atoms with Gasteiger partial charge in [-0.15, -0.1) is 0 Å². The van der Waals surface area contributed by atoms with Crippen LogP contribution in [0.25, 0.3) is 33.4 Å². The molecule has 4 rings (SSSR count). The summed E-state index contributed by atoms with van der Waals surface area (Å²) in [5.74, 6) is 0.481. The molecule has 0 spiro atoms. The summed E-state index contributed by atoms with van der Waals surface area (Å²) >= 11 is 5.99. The molecule has 2 aromatic carbocycles. The molecule has 112 valence electrons. The van der Waals surface area contributed by atoms with Crippen LogP contribution in [0.2, 0.25) is 5.02 Å². The molecular formula is C19H11ClO3. The Labute approximate surface area is 136 Å². The number of rotatable bonds is 2. The van der Waals surface area contributed by atoms with Crippen molar-refractivity contribution in [1.82, 2.24) is 0 Å². The number of hydrogen-bond donors (Lipinski definition) is 0. The zero-order valence-corrected chi connectivity index (χ0v) is 12.7. The van der Waals surface area contributed by atoms with Crippen molar-refractivity contribution in [2.24, 2.45) is 0 Å². The minimum atomic E-state index is -0.427. The van der Waals surface area contributed by atoms with Crippen LogP contribution in [0.4, 0.5) is 0 Å². The predicted molar refractivity (Wildman–Crippen MR) is 90.6 cm³/mol. The number of para-hydroxylation sites is 1. The highest BCUT2D eigenvalue weighted by molar-refractivity contribution is 6.30. The Hall–Kier alpha value is -2.78. The van der Waals surface area contributed by atoms with Crippen LogP contribution in [0, 0.1) is 0 Å². The highest BCUT2D eigenvalue weighted by Crippen LogP contribution is 2.36. The SMILES string of the molecule is O=c1oc2ccccc2c(-c2ccc(Cl)cc2)c1-c1ccco1. The van der Waals surface area contributed by atoms with Crippen molar-refractivity contribution < 1.29 is 8.83 Å². The van der Waals surface area contributed by atoms with Crippen molar-refractivity contribution in [3.8, 4) is 22.5 Å². The molecule has 0 saturated carbocycles. The quantitative estimate of drug-likeness (QED) is 0.466. The Balaban J connectivity index is 2.16. The van der Waals surface area contributed by atoms with E-state index in [0.717, 1.165) is 16.5 Å². The topological polar surface area (TPSA) is 43.4 Å². The number of furan rings is 1. The third kappa shape index (κ3) is 2.35. The van der Waals surface area contributed by atoms with E-state index in [1.165, 1.54) is 6.26 Å². The molecule has 0 amide bonds. The van der Waals surface area contributed by atoms with Crippen molar-refractivity contribution in [3.05, 3.63) is 82.4 Å². The molecule has 0 bridgehead atoms. The highest BCUT2D eigenvalue weighted by Gasteiger charge is 2.19. The average molecular weight is 323 g/mol. The van der Waals surface area contributed by atoms with Gasteiger partial charge in [-0.3, -0.25) is 0 Å². The number of fused-ring (bicyclic) bond motifs is 1. The first-order valence-corrected chi connectivity index (χ1v) is 7.47. The second kappa shape index (κ2) is 5.45. The van der Waals surface area contributed by atoms with Crippen LogP contribution in [0.1, 0.15) is 0 Å². The lowest BCUT2D eigenvalue weighted by Crippen LogP contribution is -2.05. The summed E-state index contributed by atoms with van der Waals surface area (Å²) in [5.41, 5.74) is 2.19. The molecule has 0 saturated heterocycles. The van der Waals surface area contributed by atoms with Gasteiger partial charge in [0.05, 0.1) is 6.26 Å². The minimum Gasteiger partial charge on any atom is -0.464 e. The molecule has 0 unspecified atom stereocenters. The molecule has 2 heterocycles. The van der Waals surface area contributed by atoms with Crippen molar-refractivity contribution in [3.63, 3.8) is 0 Å². The van der Waals surface area contributed by atoms with E-state index in [0.29, 0.717) is 21.9 Å². The lowest BCUT2D eigenvalue weighted by Gasteiger charge is -2.10. The van der Waals surface area contributed by atoms with Crippen molar-refractivity contribution in [1.29, 1.82) is 0 Å². The van der Waals surface area contributed by atoms with Gasteiger partial charge in [0, 0.05) is 16.0 Å². The first kappa shape index (κ1) is 13.9. The third-order valence-corrected chi connectivity index (χ3v) is 3.97. The van der Waals surface area contributed by atoms with Crippen LogP contribution in [0.15, 0.2) is 80.6 Å². The monoisotopic (exact) mass is 322 g/mol. The molecule has 23 heavy (non-hydrogen) atoms. The molecule has 2 aromatic heterocycles. The van der Waals surface area contributed by atoms with Gasteiger partial charge >= 0.3 is 5.63 Å². The summed E-state index contributed by atoms with van der Waals surface area (Å²) in [6.07, 6.45) is 1.54. The number of halogens is 1. The van der Waals surface area contributed by atoms with Crippen molar-refractivity contribution in [2.45, 2.75) is 0 Å². The Morgan fingerprint density at radius 2 is 1.61 bits per heavy atom. The van der Waals surface area contributed by atoms with Crippen LogP contribution < -0.4 is 5.63 Å². The van der Waals surface area contributed by atoms with E-state index in [1.54, 1.807) is 30.3 Å². The van der Waals surface area contributed by atoms with E-state index in [2.05, 4.69) is 0 Å². The number of hydrogen-bond acceptors (Lipinski definition) is 3. The fourth-order valence-electron chi connectivity index (χ4n) is 2.71. The standard InChI is InChI=1S/C19H11ClO3/c20-13-9-7-12(8-10-13)17-14-4-1-2-5-15(14)23-19(21)18(17)16-6-3-11-22-16/h1-11H.